The highest BCUT2D eigenvalue weighted by Crippen LogP contribution is 2.31. The molecule has 2 aromatic rings. The van der Waals surface area contributed by atoms with Gasteiger partial charge in [0.15, 0.2) is 0 Å². The molecule has 2 aliphatic heterocycles. The zero-order chi connectivity index (χ0) is 17.8. The Kier molecular flexibility index (Phi) is 5.25. The summed E-state index contributed by atoms with van der Waals surface area (Å²) in [7, 11) is 0. The molecule has 2 saturated heterocycles. The van der Waals surface area contributed by atoms with Gasteiger partial charge in [0.2, 0.25) is 0 Å². The van der Waals surface area contributed by atoms with Gasteiger partial charge in [-0.05, 0) is 24.1 Å². The molecule has 138 valence electrons. The second-order valence-electron chi connectivity index (χ2n) is 7.59. The number of benzene rings is 2. The van der Waals surface area contributed by atoms with E-state index in [-0.39, 0.29) is 0 Å². The van der Waals surface area contributed by atoms with Crippen molar-refractivity contribution in [2.75, 3.05) is 57.3 Å². The van der Waals surface area contributed by atoms with Crippen molar-refractivity contribution in [3.05, 3.63) is 66.2 Å². The van der Waals surface area contributed by atoms with Crippen LogP contribution in [0.15, 0.2) is 60.7 Å². The first-order chi connectivity index (χ1) is 12.7. The van der Waals surface area contributed by atoms with Gasteiger partial charge in [-0.2, -0.15) is 0 Å². The lowest BCUT2D eigenvalue weighted by molar-refractivity contribution is 0.0449. The summed E-state index contributed by atoms with van der Waals surface area (Å²) in [6.45, 7) is 8.29. The smallest absolute Gasteiger partial charge is 0.103 e. The summed E-state index contributed by atoms with van der Waals surface area (Å²) in [5, 5.41) is 11.0. The van der Waals surface area contributed by atoms with Crippen molar-refractivity contribution in [1.29, 1.82) is 0 Å². The van der Waals surface area contributed by atoms with E-state index in [0.29, 0.717) is 0 Å². The van der Waals surface area contributed by atoms with E-state index in [1.54, 1.807) is 0 Å². The Morgan fingerprint density at radius 3 is 2.04 bits per heavy atom. The molecule has 1 N–H and O–H groups in total. The van der Waals surface area contributed by atoms with Crippen molar-refractivity contribution in [2.45, 2.75) is 12.0 Å². The summed E-state index contributed by atoms with van der Waals surface area (Å²) in [5.74, 6) is 0. The minimum absolute atomic E-state index is 0.673. The molecule has 2 aromatic carbocycles. The normalized spacial score (nSPS) is 24.9. The number of rotatable bonds is 5. The van der Waals surface area contributed by atoms with Gasteiger partial charge in [-0.1, -0.05) is 48.5 Å². The zero-order valence-corrected chi connectivity index (χ0v) is 15.4. The van der Waals surface area contributed by atoms with Crippen LogP contribution in [0.25, 0.3) is 0 Å². The van der Waals surface area contributed by atoms with Gasteiger partial charge in [0.25, 0.3) is 0 Å². The quantitative estimate of drug-likeness (QED) is 0.896. The summed E-state index contributed by atoms with van der Waals surface area (Å²) in [5.41, 5.74) is 1.71. The maximum Gasteiger partial charge on any atom is 0.103 e. The van der Waals surface area contributed by atoms with Crippen molar-refractivity contribution < 1.29 is 5.11 Å². The minimum atomic E-state index is -0.673. The largest absolute Gasteiger partial charge is 0.384 e. The lowest BCUT2D eigenvalue weighted by atomic mass is 9.93. The number of β-amino-alcohol motifs (C(OH)–C–C–N with tert-alkyl or cyclic N) is 1. The topological polar surface area (TPSA) is 30.0 Å². The van der Waals surface area contributed by atoms with Crippen molar-refractivity contribution in [3.63, 3.8) is 0 Å². The van der Waals surface area contributed by atoms with E-state index in [4.69, 9.17) is 0 Å². The molecular formula is C22H29N3O. The van der Waals surface area contributed by atoms with Gasteiger partial charge in [-0.15, -0.1) is 0 Å². The number of hydrogen-bond acceptors (Lipinski definition) is 4. The van der Waals surface area contributed by atoms with Gasteiger partial charge >= 0.3 is 0 Å². The summed E-state index contributed by atoms with van der Waals surface area (Å²) >= 11 is 0. The van der Waals surface area contributed by atoms with Crippen LogP contribution in [0.3, 0.4) is 0 Å². The zero-order valence-electron chi connectivity index (χ0n) is 15.4. The summed E-state index contributed by atoms with van der Waals surface area (Å²) in [6.07, 6.45) is 0.832. The van der Waals surface area contributed by atoms with Crippen molar-refractivity contribution in [2.24, 2.45) is 0 Å². The summed E-state index contributed by atoms with van der Waals surface area (Å²) < 4.78 is 0. The summed E-state index contributed by atoms with van der Waals surface area (Å²) in [4.78, 5) is 7.44. The molecule has 1 unspecified atom stereocenters. The van der Waals surface area contributed by atoms with Gasteiger partial charge in [0, 0.05) is 58.0 Å². The fraction of sp³-hybridized carbons (Fsp3) is 0.455. The highest BCUT2D eigenvalue weighted by atomic mass is 16.3. The van der Waals surface area contributed by atoms with Crippen LogP contribution >= 0.6 is 0 Å². The van der Waals surface area contributed by atoms with Crippen LogP contribution in [0.1, 0.15) is 12.0 Å². The third-order valence-electron chi connectivity index (χ3n) is 5.86. The molecule has 0 radical (unpaired) electrons. The van der Waals surface area contributed by atoms with Gasteiger partial charge in [-0.3, -0.25) is 9.80 Å². The van der Waals surface area contributed by atoms with E-state index in [1.165, 1.54) is 5.69 Å². The predicted molar refractivity (Wildman–Crippen MR) is 106 cm³/mol. The molecule has 0 aliphatic carbocycles. The van der Waals surface area contributed by atoms with Crippen LogP contribution in [-0.2, 0) is 5.60 Å². The van der Waals surface area contributed by atoms with Gasteiger partial charge in [0.1, 0.15) is 5.60 Å². The van der Waals surface area contributed by atoms with E-state index in [0.717, 1.165) is 64.3 Å². The van der Waals surface area contributed by atoms with Crippen LogP contribution in [0, 0.1) is 0 Å². The molecule has 4 nitrogen and oxygen atoms in total. The number of anilines is 1. The molecule has 0 saturated carbocycles. The van der Waals surface area contributed by atoms with Crippen molar-refractivity contribution >= 4 is 5.69 Å². The Labute approximate surface area is 156 Å². The van der Waals surface area contributed by atoms with Crippen molar-refractivity contribution in [3.8, 4) is 0 Å². The molecule has 4 heteroatoms. The highest BCUT2D eigenvalue weighted by Gasteiger charge is 2.37. The fourth-order valence-corrected chi connectivity index (χ4v) is 4.20. The van der Waals surface area contributed by atoms with Crippen LogP contribution < -0.4 is 4.90 Å². The van der Waals surface area contributed by atoms with Crippen LogP contribution in [0.5, 0.6) is 0 Å². The molecule has 26 heavy (non-hydrogen) atoms. The van der Waals surface area contributed by atoms with Crippen LogP contribution in [-0.4, -0.2) is 67.3 Å². The van der Waals surface area contributed by atoms with E-state index in [9.17, 15) is 5.11 Å². The van der Waals surface area contributed by atoms with E-state index >= 15 is 0 Å². The minimum Gasteiger partial charge on any atom is -0.384 e. The Hall–Kier alpha value is -1.88. The van der Waals surface area contributed by atoms with E-state index in [1.807, 2.05) is 30.3 Å². The molecule has 0 spiro atoms. The lowest BCUT2D eigenvalue weighted by Gasteiger charge is -2.36. The predicted octanol–water partition coefficient (Wildman–Crippen LogP) is 2.40. The second-order valence-corrected chi connectivity index (χ2v) is 7.59. The molecule has 0 aromatic heterocycles. The molecular weight excluding hydrogens is 322 g/mol. The lowest BCUT2D eigenvalue weighted by Crippen LogP contribution is -2.48. The summed E-state index contributed by atoms with van der Waals surface area (Å²) in [6, 6.07) is 20.8. The van der Waals surface area contributed by atoms with Gasteiger partial charge in [0.05, 0.1) is 0 Å². The third kappa shape index (κ3) is 3.93. The first-order valence-electron chi connectivity index (χ1n) is 9.76. The average Bonchev–Trinajstić information content (AvgIpc) is 3.11. The van der Waals surface area contributed by atoms with E-state index < -0.39 is 5.60 Å². The maximum absolute atomic E-state index is 11.0. The second kappa shape index (κ2) is 7.78. The fourth-order valence-electron chi connectivity index (χ4n) is 4.20. The Morgan fingerprint density at radius 1 is 0.731 bits per heavy atom. The number of para-hydroxylation sites is 1. The number of nitrogens with zero attached hydrogens (tertiary/aromatic N) is 3. The van der Waals surface area contributed by atoms with E-state index in [2.05, 4.69) is 45.0 Å². The molecule has 1 atom stereocenters. The molecule has 2 fully saturated rings. The Morgan fingerprint density at radius 2 is 1.35 bits per heavy atom. The maximum atomic E-state index is 11.0. The molecule has 0 bridgehead atoms. The third-order valence-corrected chi connectivity index (χ3v) is 5.86. The standard InChI is InChI=1S/C22H29N3O/c26-22(20-7-3-1-4-8-20)11-12-24(19-22)14-13-23-15-17-25(18-16-23)21-9-5-2-6-10-21/h1-10,26H,11-19H2. The highest BCUT2D eigenvalue weighted by molar-refractivity contribution is 5.46. The van der Waals surface area contributed by atoms with Crippen LogP contribution in [0.2, 0.25) is 0 Å². The average molecular weight is 351 g/mol. The van der Waals surface area contributed by atoms with Gasteiger partial charge in [-0.25, -0.2) is 0 Å². The molecule has 2 aliphatic rings. The monoisotopic (exact) mass is 351 g/mol. The van der Waals surface area contributed by atoms with Crippen LogP contribution in [0.4, 0.5) is 5.69 Å². The Bertz CT molecular complexity index is 685. The Balaban J connectivity index is 1.23. The van der Waals surface area contributed by atoms with Gasteiger partial charge < -0.3 is 10.0 Å². The number of likely N-dealkylation sites (tertiary alicyclic amines) is 1. The van der Waals surface area contributed by atoms with Crippen molar-refractivity contribution in [1.82, 2.24) is 9.80 Å². The SMILES string of the molecule is OC1(c2ccccc2)CCN(CCN2CCN(c3ccccc3)CC2)C1. The number of piperazine rings is 1. The first-order valence-corrected chi connectivity index (χ1v) is 9.76. The first kappa shape index (κ1) is 17.5. The number of aliphatic hydroxyl groups is 1. The molecule has 4 rings (SSSR count). The molecule has 0 amide bonds. The molecule has 2 heterocycles. The number of hydrogen-bond donors (Lipinski definition) is 1.